The summed E-state index contributed by atoms with van der Waals surface area (Å²) in [5, 5.41) is 0.218. The van der Waals surface area contributed by atoms with E-state index in [4.69, 9.17) is 16.3 Å². The van der Waals surface area contributed by atoms with Crippen molar-refractivity contribution in [2.24, 2.45) is 0 Å². The second kappa shape index (κ2) is 5.74. The van der Waals surface area contributed by atoms with Gasteiger partial charge in [-0.2, -0.15) is 0 Å². The highest BCUT2D eigenvalue weighted by molar-refractivity contribution is 6.30. The maximum absolute atomic E-state index is 12.6. The second-order valence-corrected chi connectivity index (χ2v) is 6.07. The van der Waals surface area contributed by atoms with Crippen molar-refractivity contribution >= 4 is 11.6 Å². The number of hydrogen-bond acceptors (Lipinski definition) is 3. The molecule has 2 heterocycles. The van der Waals surface area contributed by atoms with Crippen molar-refractivity contribution in [3.8, 4) is 0 Å². The van der Waals surface area contributed by atoms with Gasteiger partial charge < -0.3 is 4.74 Å². The number of ether oxygens (including phenoxy) is 1. The summed E-state index contributed by atoms with van der Waals surface area (Å²) in [6, 6.07) is 0. The van der Waals surface area contributed by atoms with Crippen LogP contribution in [0.2, 0.25) is 5.15 Å². The summed E-state index contributed by atoms with van der Waals surface area (Å²) in [5.41, 5.74) is -0.0832. The van der Waals surface area contributed by atoms with Crippen molar-refractivity contribution in [3.05, 3.63) is 31.6 Å². The number of nitrogens with zero attached hydrogens (tertiary/aromatic N) is 1. The average molecular weight is 299 g/mol. The molecule has 110 valence electrons. The Balaban J connectivity index is 1.98. The Morgan fingerprint density at radius 1 is 1.20 bits per heavy atom. The lowest BCUT2D eigenvalue weighted by molar-refractivity contribution is 0.0949. The molecule has 1 unspecified atom stereocenters. The van der Waals surface area contributed by atoms with Gasteiger partial charge in [0.2, 0.25) is 0 Å². The smallest absolute Gasteiger partial charge is 0.329 e. The predicted octanol–water partition coefficient (Wildman–Crippen LogP) is 2.03. The summed E-state index contributed by atoms with van der Waals surface area (Å²) in [6.45, 7) is 1.03. The third-order valence-electron chi connectivity index (χ3n) is 4.35. The monoisotopic (exact) mass is 298 g/mol. The van der Waals surface area contributed by atoms with Gasteiger partial charge in [0.15, 0.2) is 0 Å². The summed E-state index contributed by atoms with van der Waals surface area (Å²) in [5.74, 6) is 0.183. The molecule has 1 atom stereocenters. The van der Waals surface area contributed by atoms with E-state index in [1.807, 2.05) is 0 Å². The van der Waals surface area contributed by atoms with E-state index in [1.54, 1.807) is 0 Å². The zero-order valence-electron chi connectivity index (χ0n) is 11.4. The lowest BCUT2D eigenvalue weighted by Crippen LogP contribution is -2.40. The highest BCUT2D eigenvalue weighted by atomic mass is 35.5. The molecule has 1 aliphatic carbocycles. The van der Waals surface area contributed by atoms with Gasteiger partial charge in [-0.15, -0.1) is 0 Å². The molecule has 5 nitrogen and oxygen atoms in total. The molecule has 3 rings (SSSR count). The van der Waals surface area contributed by atoms with Gasteiger partial charge >= 0.3 is 5.69 Å². The average Bonchev–Trinajstić information content (AvgIpc) is 3.07. The maximum Gasteiger partial charge on any atom is 0.329 e. The minimum absolute atomic E-state index is 0.0357. The lowest BCUT2D eigenvalue weighted by atomic mass is 10.0. The molecule has 1 aromatic heterocycles. The zero-order chi connectivity index (χ0) is 14.1. The van der Waals surface area contributed by atoms with Crippen molar-refractivity contribution in [1.82, 2.24) is 9.55 Å². The van der Waals surface area contributed by atoms with Crippen LogP contribution < -0.4 is 11.2 Å². The highest BCUT2D eigenvalue weighted by Gasteiger charge is 2.26. The van der Waals surface area contributed by atoms with E-state index in [1.165, 1.54) is 4.57 Å². The molecule has 2 aliphatic rings. The van der Waals surface area contributed by atoms with E-state index in [0.717, 1.165) is 38.5 Å². The van der Waals surface area contributed by atoms with Crippen molar-refractivity contribution in [1.29, 1.82) is 0 Å². The standard InChI is InChI=1S/C14H19ClN2O3/c15-12-11(9-4-1-2-5-9)13(18)17(14(19)16-12)8-10-6-3-7-20-10/h9-10H,1-8H2,(H,16,19). The molecule has 1 N–H and O–H groups in total. The van der Waals surface area contributed by atoms with Gasteiger partial charge in [-0.25, -0.2) is 4.79 Å². The molecular weight excluding hydrogens is 280 g/mol. The summed E-state index contributed by atoms with van der Waals surface area (Å²) in [6.07, 6.45) is 6.03. The van der Waals surface area contributed by atoms with Crippen LogP contribution in [0.1, 0.15) is 50.0 Å². The number of rotatable bonds is 3. The number of hydrogen-bond donors (Lipinski definition) is 1. The van der Waals surface area contributed by atoms with Crippen molar-refractivity contribution in [3.63, 3.8) is 0 Å². The van der Waals surface area contributed by atoms with Crippen LogP contribution in [0, 0.1) is 0 Å². The predicted molar refractivity (Wildman–Crippen MR) is 76.5 cm³/mol. The maximum atomic E-state index is 12.6. The van der Waals surface area contributed by atoms with Crippen LogP contribution in [-0.2, 0) is 11.3 Å². The van der Waals surface area contributed by atoms with Gasteiger partial charge in [-0.05, 0) is 31.6 Å². The number of aromatic amines is 1. The Labute approximate surface area is 121 Å². The molecule has 6 heteroatoms. The van der Waals surface area contributed by atoms with Gasteiger partial charge in [-0.1, -0.05) is 24.4 Å². The Hall–Kier alpha value is -1.07. The topological polar surface area (TPSA) is 64.1 Å². The van der Waals surface area contributed by atoms with Crippen LogP contribution in [0.25, 0.3) is 0 Å². The molecule has 0 spiro atoms. The molecular formula is C14H19ClN2O3. The largest absolute Gasteiger partial charge is 0.376 e. The van der Waals surface area contributed by atoms with Crippen LogP contribution in [0.5, 0.6) is 0 Å². The van der Waals surface area contributed by atoms with Crippen LogP contribution in [0.3, 0.4) is 0 Å². The van der Waals surface area contributed by atoms with Crippen LogP contribution >= 0.6 is 11.6 Å². The van der Waals surface area contributed by atoms with Gasteiger partial charge in [0.05, 0.1) is 18.2 Å². The Morgan fingerprint density at radius 2 is 1.95 bits per heavy atom. The second-order valence-electron chi connectivity index (χ2n) is 5.69. The first-order chi connectivity index (χ1) is 9.66. The van der Waals surface area contributed by atoms with Crippen LogP contribution in [-0.4, -0.2) is 22.3 Å². The Morgan fingerprint density at radius 3 is 2.60 bits per heavy atom. The molecule has 0 aromatic carbocycles. The van der Waals surface area contributed by atoms with Gasteiger partial charge in [0.25, 0.3) is 5.56 Å². The van der Waals surface area contributed by atoms with E-state index in [0.29, 0.717) is 18.7 Å². The zero-order valence-corrected chi connectivity index (χ0v) is 12.1. The van der Waals surface area contributed by atoms with E-state index in [-0.39, 0.29) is 22.7 Å². The van der Waals surface area contributed by atoms with Crippen molar-refractivity contribution in [2.75, 3.05) is 6.61 Å². The molecule has 0 bridgehead atoms. The number of halogens is 1. The van der Waals surface area contributed by atoms with Crippen molar-refractivity contribution in [2.45, 2.75) is 57.1 Å². The molecule has 1 saturated carbocycles. The third-order valence-corrected chi connectivity index (χ3v) is 4.65. The number of aromatic nitrogens is 2. The quantitative estimate of drug-likeness (QED) is 0.868. The Bertz CT molecular complexity index is 595. The molecule has 1 saturated heterocycles. The number of nitrogens with one attached hydrogen (secondary N) is 1. The molecule has 0 amide bonds. The highest BCUT2D eigenvalue weighted by Crippen LogP contribution is 2.34. The molecule has 1 aliphatic heterocycles. The fraction of sp³-hybridized carbons (Fsp3) is 0.714. The van der Waals surface area contributed by atoms with E-state index >= 15 is 0 Å². The number of H-pyrrole nitrogens is 1. The molecule has 0 radical (unpaired) electrons. The first-order valence-corrected chi connectivity index (χ1v) is 7.68. The van der Waals surface area contributed by atoms with Crippen LogP contribution in [0.15, 0.2) is 9.59 Å². The lowest BCUT2D eigenvalue weighted by Gasteiger charge is -2.15. The molecule has 2 fully saturated rings. The normalized spacial score (nSPS) is 23.6. The SMILES string of the molecule is O=c1[nH]c(Cl)c(C2CCCC2)c(=O)n1CC1CCCO1. The van der Waals surface area contributed by atoms with E-state index < -0.39 is 5.69 Å². The molecule has 20 heavy (non-hydrogen) atoms. The minimum atomic E-state index is -0.433. The van der Waals surface area contributed by atoms with E-state index in [9.17, 15) is 9.59 Å². The fourth-order valence-electron chi connectivity index (χ4n) is 3.29. The molecule has 1 aromatic rings. The Kier molecular flexibility index (Phi) is 3.98. The van der Waals surface area contributed by atoms with Gasteiger partial charge in [0.1, 0.15) is 5.15 Å². The fourth-order valence-corrected chi connectivity index (χ4v) is 3.60. The van der Waals surface area contributed by atoms with Gasteiger partial charge in [-0.3, -0.25) is 14.3 Å². The third kappa shape index (κ3) is 2.56. The first-order valence-electron chi connectivity index (χ1n) is 7.31. The van der Waals surface area contributed by atoms with E-state index in [2.05, 4.69) is 4.98 Å². The van der Waals surface area contributed by atoms with Gasteiger partial charge in [0, 0.05) is 6.61 Å². The summed E-state index contributed by atoms with van der Waals surface area (Å²) in [7, 11) is 0. The van der Waals surface area contributed by atoms with Crippen LogP contribution in [0.4, 0.5) is 0 Å². The van der Waals surface area contributed by atoms with Crippen molar-refractivity contribution < 1.29 is 4.74 Å². The summed E-state index contributed by atoms with van der Waals surface area (Å²) < 4.78 is 6.78. The summed E-state index contributed by atoms with van der Waals surface area (Å²) >= 11 is 6.10. The summed E-state index contributed by atoms with van der Waals surface area (Å²) in [4.78, 5) is 27.2. The minimum Gasteiger partial charge on any atom is -0.376 e. The first kappa shape index (κ1) is 13.9.